The highest BCUT2D eigenvalue weighted by molar-refractivity contribution is 7.03. The van der Waals surface area contributed by atoms with Crippen molar-refractivity contribution in [2.24, 2.45) is 0 Å². The molecule has 0 fully saturated rings. The first kappa shape index (κ1) is 14.2. The minimum atomic E-state index is -4.31. The molecule has 5 heteroatoms. The molecule has 2 aromatic rings. The Morgan fingerprint density at radius 3 is 2.24 bits per heavy atom. The quantitative estimate of drug-likeness (QED) is 0.733. The molecule has 1 nitrogen and oxygen atoms in total. The molecule has 0 aromatic heterocycles. The van der Waals surface area contributed by atoms with E-state index in [4.69, 9.17) is 4.74 Å². The number of hydrogen-bond acceptors (Lipinski definition) is 1. The van der Waals surface area contributed by atoms with E-state index >= 15 is 0 Å². The van der Waals surface area contributed by atoms with E-state index in [0.717, 1.165) is 27.2 Å². The molecule has 21 heavy (non-hydrogen) atoms. The third-order valence-corrected chi connectivity index (χ3v) is 7.75. The van der Waals surface area contributed by atoms with Crippen molar-refractivity contribution in [1.29, 1.82) is 0 Å². The van der Waals surface area contributed by atoms with Gasteiger partial charge < -0.3 is 4.74 Å². The Balaban J connectivity index is 2.25. The van der Waals surface area contributed by atoms with Crippen molar-refractivity contribution in [2.75, 3.05) is 7.11 Å². The third-order valence-electron chi connectivity index (χ3n) is 4.21. The van der Waals surface area contributed by atoms with E-state index < -0.39 is 19.8 Å². The zero-order chi connectivity index (χ0) is 15.4. The van der Waals surface area contributed by atoms with Gasteiger partial charge in [-0.25, -0.2) is 0 Å². The average Bonchev–Trinajstić information content (AvgIpc) is 2.66. The molecule has 2 aromatic carbocycles. The van der Waals surface area contributed by atoms with Crippen LogP contribution in [0, 0.1) is 0 Å². The van der Waals surface area contributed by atoms with E-state index in [-0.39, 0.29) is 0 Å². The van der Waals surface area contributed by atoms with Crippen LogP contribution in [0.5, 0.6) is 5.75 Å². The van der Waals surface area contributed by atoms with Crippen LogP contribution < -0.4 is 15.1 Å². The first-order valence-electron chi connectivity index (χ1n) is 6.66. The molecule has 0 radical (unpaired) electrons. The molecule has 1 heterocycles. The Hall–Kier alpha value is -1.75. The minimum absolute atomic E-state index is 0.588. The second kappa shape index (κ2) is 4.37. The molecule has 0 saturated carbocycles. The van der Waals surface area contributed by atoms with Crippen molar-refractivity contribution in [1.82, 2.24) is 0 Å². The van der Waals surface area contributed by atoms with Crippen LogP contribution in [0.25, 0.3) is 11.1 Å². The van der Waals surface area contributed by atoms with Gasteiger partial charge >= 0.3 is 6.18 Å². The van der Waals surface area contributed by atoms with Gasteiger partial charge in [0.05, 0.1) is 12.7 Å². The van der Waals surface area contributed by atoms with Crippen LogP contribution in [0.1, 0.15) is 5.56 Å². The Morgan fingerprint density at radius 1 is 0.905 bits per heavy atom. The van der Waals surface area contributed by atoms with E-state index in [9.17, 15) is 13.2 Å². The lowest BCUT2D eigenvalue weighted by atomic mass is 10.0. The molecular formula is C16H15F3OSi. The summed E-state index contributed by atoms with van der Waals surface area (Å²) in [5.41, 5.74) is 1.04. The summed E-state index contributed by atoms with van der Waals surface area (Å²) in [5, 5.41) is 2.19. The number of halogens is 3. The smallest absolute Gasteiger partial charge is 0.416 e. The second-order valence-corrected chi connectivity index (χ2v) is 10.1. The van der Waals surface area contributed by atoms with Crippen LogP contribution in [-0.4, -0.2) is 15.2 Å². The van der Waals surface area contributed by atoms with Crippen molar-refractivity contribution >= 4 is 18.4 Å². The van der Waals surface area contributed by atoms with Gasteiger partial charge in [0.15, 0.2) is 0 Å². The summed E-state index contributed by atoms with van der Waals surface area (Å²) < 4.78 is 44.1. The van der Waals surface area contributed by atoms with Gasteiger partial charge in [-0.15, -0.1) is 0 Å². The maximum atomic E-state index is 12.9. The first-order chi connectivity index (χ1) is 9.75. The predicted molar refractivity (Wildman–Crippen MR) is 80.2 cm³/mol. The summed E-state index contributed by atoms with van der Waals surface area (Å²) in [6.45, 7) is 4.31. The van der Waals surface area contributed by atoms with Gasteiger partial charge in [0.25, 0.3) is 0 Å². The summed E-state index contributed by atoms with van der Waals surface area (Å²) in [6.07, 6.45) is -4.31. The highest BCUT2D eigenvalue weighted by Crippen LogP contribution is 2.35. The average molecular weight is 308 g/mol. The summed E-state index contributed by atoms with van der Waals surface area (Å²) in [5.74, 6) is 0.748. The van der Waals surface area contributed by atoms with Gasteiger partial charge in [-0.2, -0.15) is 13.2 Å². The molecule has 0 bridgehead atoms. The van der Waals surface area contributed by atoms with Crippen LogP contribution in [0.15, 0.2) is 36.4 Å². The molecule has 0 unspecified atom stereocenters. The molecule has 0 amide bonds. The topological polar surface area (TPSA) is 9.23 Å². The van der Waals surface area contributed by atoms with Gasteiger partial charge in [-0.3, -0.25) is 0 Å². The number of methoxy groups -OCH3 is 1. The number of ether oxygens (including phenoxy) is 1. The standard InChI is InChI=1S/C16H15F3OSi/c1-20-11-5-6-12-13-8-10(16(17,18)19)4-7-14(13)21(2,3)15(12)9-11/h4-9H,1-3H3. The van der Waals surface area contributed by atoms with E-state index in [1.807, 2.05) is 12.1 Å². The van der Waals surface area contributed by atoms with Crippen LogP contribution in [0.2, 0.25) is 13.1 Å². The maximum Gasteiger partial charge on any atom is 0.416 e. The largest absolute Gasteiger partial charge is 0.497 e. The predicted octanol–water partition coefficient (Wildman–Crippen LogP) is 3.52. The zero-order valence-corrected chi connectivity index (χ0v) is 13.0. The first-order valence-corrected chi connectivity index (χ1v) is 9.66. The van der Waals surface area contributed by atoms with Crippen LogP contribution >= 0.6 is 0 Å². The van der Waals surface area contributed by atoms with Gasteiger partial charge in [0.1, 0.15) is 13.8 Å². The van der Waals surface area contributed by atoms with Crippen molar-refractivity contribution in [3.8, 4) is 16.9 Å². The molecule has 110 valence electrons. The van der Waals surface area contributed by atoms with Crippen molar-refractivity contribution < 1.29 is 17.9 Å². The molecule has 0 spiro atoms. The zero-order valence-electron chi connectivity index (χ0n) is 12.0. The fourth-order valence-corrected chi connectivity index (χ4v) is 6.10. The molecule has 3 rings (SSSR count). The Morgan fingerprint density at radius 2 is 1.62 bits per heavy atom. The molecule has 0 saturated heterocycles. The van der Waals surface area contributed by atoms with Gasteiger partial charge in [0.2, 0.25) is 0 Å². The van der Waals surface area contributed by atoms with Gasteiger partial charge in [0, 0.05) is 0 Å². The third kappa shape index (κ3) is 2.07. The van der Waals surface area contributed by atoms with Crippen molar-refractivity contribution in [3.05, 3.63) is 42.0 Å². The lowest BCUT2D eigenvalue weighted by Gasteiger charge is -2.19. The van der Waals surface area contributed by atoms with Crippen LogP contribution in [0.3, 0.4) is 0 Å². The fourth-order valence-electron chi connectivity index (χ4n) is 3.04. The lowest BCUT2D eigenvalue weighted by Crippen LogP contribution is -2.49. The summed E-state index contributed by atoms with van der Waals surface area (Å²) >= 11 is 0. The van der Waals surface area contributed by atoms with Crippen molar-refractivity contribution in [3.63, 3.8) is 0 Å². The lowest BCUT2D eigenvalue weighted by molar-refractivity contribution is -0.137. The minimum Gasteiger partial charge on any atom is -0.497 e. The van der Waals surface area contributed by atoms with Crippen LogP contribution in [-0.2, 0) is 6.18 Å². The normalized spacial score (nSPS) is 15.5. The van der Waals surface area contributed by atoms with E-state index in [1.54, 1.807) is 19.2 Å². The SMILES string of the molecule is COc1ccc2c(c1)[Si](C)(C)c1ccc(C(F)(F)F)cc1-2. The van der Waals surface area contributed by atoms with Gasteiger partial charge in [-0.05, 0) is 39.7 Å². The number of fused-ring (bicyclic) bond motifs is 3. The second-order valence-electron chi connectivity index (χ2n) is 5.79. The molecular weight excluding hydrogens is 293 g/mol. The Kier molecular flexibility index (Phi) is 2.95. The Labute approximate surface area is 122 Å². The maximum absolute atomic E-state index is 12.9. The molecule has 0 N–H and O–H groups in total. The summed E-state index contributed by atoms with van der Waals surface area (Å²) in [4.78, 5) is 0. The number of hydrogen-bond donors (Lipinski definition) is 0. The van der Waals surface area contributed by atoms with Crippen molar-refractivity contribution in [2.45, 2.75) is 19.3 Å². The molecule has 1 aliphatic heterocycles. The highest BCUT2D eigenvalue weighted by atomic mass is 28.3. The van der Waals surface area contributed by atoms with Crippen LogP contribution in [0.4, 0.5) is 13.2 Å². The molecule has 0 atom stereocenters. The van der Waals surface area contributed by atoms with E-state index in [1.165, 1.54) is 12.1 Å². The van der Waals surface area contributed by atoms with Gasteiger partial charge in [-0.1, -0.05) is 31.3 Å². The van der Waals surface area contributed by atoms with E-state index in [2.05, 4.69) is 13.1 Å². The molecule has 0 aliphatic carbocycles. The fraction of sp³-hybridized carbons (Fsp3) is 0.250. The Bertz CT molecular complexity index is 720. The van der Waals surface area contributed by atoms with E-state index in [0.29, 0.717) is 0 Å². The number of alkyl halides is 3. The number of benzene rings is 2. The highest BCUT2D eigenvalue weighted by Gasteiger charge is 2.40. The number of rotatable bonds is 1. The molecule has 1 aliphatic rings. The summed E-state index contributed by atoms with van der Waals surface area (Å²) in [6, 6.07) is 9.76. The monoisotopic (exact) mass is 308 g/mol. The summed E-state index contributed by atoms with van der Waals surface area (Å²) in [7, 11) is -0.361.